The van der Waals surface area contributed by atoms with Gasteiger partial charge in [-0.15, -0.1) is 0 Å². The monoisotopic (exact) mass is 545 g/mol. The van der Waals surface area contributed by atoms with Crippen molar-refractivity contribution in [3.63, 3.8) is 0 Å². The molecule has 1 aliphatic heterocycles. The first-order chi connectivity index (χ1) is 18.8. The molecular formula is C27H36FN5O6. The molecule has 12 heteroatoms. The molecule has 0 radical (unpaired) electrons. The van der Waals surface area contributed by atoms with Crippen LogP contribution >= 0.6 is 0 Å². The molecule has 0 atom stereocenters. The van der Waals surface area contributed by atoms with Crippen molar-refractivity contribution in [1.29, 1.82) is 0 Å². The van der Waals surface area contributed by atoms with E-state index in [1.807, 2.05) is 0 Å². The molecule has 0 fully saturated rings. The number of benzene rings is 1. The number of aromatic amines is 1. The predicted octanol–water partition coefficient (Wildman–Crippen LogP) is 1.51. The van der Waals surface area contributed by atoms with Crippen molar-refractivity contribution in [2.24, 2.45) is 5.73 Å². The van der Waals surface area contributed by atoms with E-state index in [2.05, 4.69) is 20.9 Å². The van der Waals surface area contributed by atoms with Gasteiger partial charge in [0.2, 0.25) is 5.91 Å². The average molecular weight is 546 g/mol. The Bertz CT molecular complexity index is 1200. The number of anilines is 1. The van der Waals surface area contributed by atoms with E-state index >= 15 is 0 Å². The molecule has 0 saturated heterocycles. The maximum atomic E-state index is 13.7. The van der Waals surface area contributed by atoms with Crippen LogP contribution in [0.4, 0.5) is 10.1 Å². The first-order valence-corrected chi connectivity index (χ1v) is 12.8. The molecular weight excluding hydrogens is 509 g/mol. The van der Waals surface area contributed by atoms with Crippen molar-refractivity contribution >= 4 is 35.1 Å². The second-order valence-corrected chi connectivity index (χ2v) is 8.85. The fourth-order valence-corrected chi connectivity index (χ4v) is 4.05. The van der Waals surface area contributed by atoms with Crippen LogP contribution in [0.1, 0.15) is 39.3 Å². The van der Waals surface area contributed by atoms with Crippen molar-refractivity contribution in [2.45, 2.75) is 20.3 Å². The lowest BCUT2D eigenvalue weighted by molar-refractivity contribution is -0.122. The van der Waals surface area contributed by atoms with Gasteiger partial charge in [0.05, 0.1) is 50.8 Å². The third-order valence-electron chi connectivity index (χ3n) is 5.97. The molecule has 1 aliphatic rings. The molecule has 1 aromatic heterocycles. The summed E-state index contributed by atoms with van der Waals surface area (Å²) in [5, 5.41) is 8.24. The van der Waals surface area contributed by atoms with E-state index < -0.39 is 5.82 Å². The lowest BCUT2D eigenvalue weighted by atomic mass is 10.0. The first kappa shape index (κ1) is 30.0. The van der Waals surface area contributed by atoms with Crippen LogP contribution in [0, 0.1) is 19.7 Å². The van der Waals surface area contributed by atoms with Crippen LogP contribution in [0.2, 0.25) is 0 Å². The molecule has 0 aliphatic carbocycles. The smallest absolute Gasteiger partial charge is 0.256 e. The minimum atomic E-state index is -0.443. The van der Waals surface area contributed by atoms with E-state index in [-0.39, 0.29) is 43.8 Å². The quantitative estimate of drug-likeness (QED) is 0.158. The number of aromatic nitrogens is 1. The molecule has 3 rings (SSSR count). The van der Waals surface area contributed by atoms with E-state index in [0.29, 0.717) is 78.9 Å². The Labute approximate surface area is 226 Å². The number of ether oxygens (including phenoxy) is 3. The summed E-state index contributed by atoms with van der Waals surface area (Å²) < 4.78 is 29.6. The fraction of sp³-hybridized carbons (Fsp3) is 0.444. The SMILES string of the molecule is Cc1[nH]c(/C=C2\C(=O)Nc3ccc(F)cc32)c(C)c1C(=O)NCCNC(=O)CCOCCOCCOCCN. The normalized spacial score (nSPS) is 13.4. The van der Waals surface area contributed by atoms with Crippen molar-refractivity contribution in [2.75, 3.05) is 64.6 Å². The Morgan fingerprint density at radius 3 is 2.38 bits per heavy atom. The predicted molar refractivity (Wildman–Crippen MR) is 145 cm³/mol. The maximum Gasteiger partial charge on any atom is 0.256 e. The van der Waals surface area contributed by atoms with Gasteiger partial charge in [-0.25, -0.2) is 4.39 Å². The molecule has 11 nitrogen and oxygen atoms in total. The lowest BCUT2D eigenvalue weighted by Crippen LogP contribution is -2.35. The number of carbonyl (C=O) groups is 3. The van der Waals surface area contributed by atoms with Gasteiger partial charge >= 0.3 is 0 Å². The number of halogens is 1. The number of nitrogens with one attached hydrogen (secondary N) is 4. The second-order valence-electron chi connectivity index (χ2n) is 8.85. The Morgan fingerprint density at radius 2 is 1.67 bits per heavy atom. The van der Waals surface area contributed by atoms with Crippen LogP contribution in [-0.4, -0.2) is 82.0 Å². The van der Waals surface area contributed by atoms with Crippen LogP contribution < -0.4 is 21.7 Å². The van der Waals surface area contributed by atoms with E-state index in [1.54, 1.807) is 19.9 Å². The standard InChI is InChI=1S/C27H36FN5O6/c1-17-23(16-21-20-15-19(28)3-4-22(20)33-26(21)35)32-18(2)25(17)27(36)31-8-7-30-24(34)5-9-37-11-13-39-14-12-38-10-6-29/h3-4,15-16,32H,5-14,29H2,1-2H3,(H,30,34)(H,31,36)(H,33,35)/b21-16-. The van der Waals surface area contributed by atoms with E-state index in [1.165, 1.54) is 18.2 Å². The van der Waals surface area contributed by atoms with Gasteiger partial charge < -0.3 is 40.9 Å². The van der Waals surface area contributed by atoms with Crippen LogP contribution in [-0.2, 0) is 23.8 Å². The highest BCUT2D eigenvalue weighted by atomic mass is 19.1. The summed E-state index contributed by atoms with van der Waals surface area (Å²) in [6, 6.07) is 4.10. The summed E-state index contributed by atoms with van der Waals surface area (Å²) in [7, 11) is 0. The third-order valence-corrected chi connectivity index (χ3v) is 5.97. The summed E-state index contributed by atoms with van der Waals surface area (Å²) in [4.78, 5) is 40.4. The van der Waals surface area contributed by atoms with Crippen molar-refractivity contribution < 1.29 is 33.0 Å². The highest BCUT2D eigenvalue weighted by molar-refractivity contribution is 6.34. The van der Waals surface area contributed by atoms with E-state index in [9.17, 15) is 18.8 Å². The molecule has 39 heavy (non-hydrogen) atoms. The molecule has 3 amide bonds. The molecule has 0 bridgehead atoms. The molecule has 0 unspecified atom stereocenters. The van der Waals surface area contributed by atoms with Crippen molar-refractivity contribution in [3.05, 3.63) is 52.1 Å². The minimum Gasteiger partial charge on any atom is -0.379 e. The highest BCUT2D eigenvalue weighted by Crippen LogP contribution is 2.34. The lowest BCUT2D eigenvalue weighted by Gasteiger charge is -2.09. The van der Waals surface area contributed by atoms with Gasteiger partial charge in [-0.2, -0.15) is 0 Å². The summed E-state index contributed by atoms with van der Waals surface area (Å²) in [5.74, 6) is -1.28. The molecule has 0 spiro atoms. The van der Waals surface area contributed by atoms with Crippen molar-refractivity contribution in [1.82, 2.24) is 15.6 Å². The minimum absolute atomic E-state index is 0.185. The van der Waals surface area contributed by atoms with E-state index in [4.69, 9.17) is 19.9 Å². The van der Waals surface area contributed by atoms with Crippen LogP contribution in [0.15, 0.2) is 18.2 Å². The first-order valence-electron chi connectivity index (χ1n) is 12.8. The summed E-state index contributed by atoms with van der Waals surface area (Å²) in [6.45, 7) is 7.01. The Kier molecular flexibility index (Phi) is 11.6. The number of aryl methyl sites for hydroxylation is 1. The Hall–Kier alpha value is -3.58. The molecule has 2 heterocycles. The molecule has 212 valence electrons. The number of rotatable bonds is 16. The molecule has 0 saturated carbocycles. The molecule has 6 N–H and O–H groups in total. The number of nitrogens with two attached hydrogens (primary N) is 1. The second kappa shape index (κ2) is 15.1. The highest BCUT2D eigenvalue weighted by Gasteiger charge is 2.26. The van der Waals surface area contributed by atoms with Gasteiger partial charge in [0.1, 0.15) is 5.82 Å². The van der Waals surface area contributed by atoms with Crippen LogP contribution in [0.25, 0.3) is 11.6 Å². The summed E-state index contributed by atoms with van der Waals surface area (Å²) in [5.41, 5.74) is 8.95. The number of hydrogen-bond donors (Lipinski definition) is 5. The number of carbonyl (C=O) groups excluding carboxylic acids is 3. The number of H-pyrrole nitrogens is 1. The number of amides is 3. The van der Waals surface area contributed by atoms with Gasteiger partial charge in [-0.05, 0) is 43.7 Å². The van der Waals surface area contributed by atoms with Crippen LogP contribution in [0.3, 0.4) is 0 Å². The molecule has 1 aromatic carbocycles. The summed E-state index contributed by atoms with van der Waals surface area (Å²) in [6.07, 6.45) is 1.81. The zero-order valence-electron chi connectivity index (χ0n) is 22.3. The van der Waals surface area contributed by atoms with Gasteiger partial charge in [-0.1, -0.05) is 0 Å². The largest absolute Gasteiger partial charge is 0.379 e. The van der Waals surface area contributed by atoms with Gasteiger partial charge in [0.25, 0.3) is 11.8 Å². The van der Waals surface area contributed by atoms with Crippen molar-refractivity contribution in [3.8, 4) is 0 Å². The zero-order valence-corrected chi connectivity index (χ0v) is 22.3. The maximum absolute atomic E-state index is 13.7. The Balaban J connectivity index is 1.39. The zero-order chi connectivity index (χ0) is 28.2. The fourth-order valence-electron chi connectivity index (χ4n) is 4.05. The van der Waals surface area contributed by atoms with E-state index in [0.717, 1.165) is 0 Å². The average Bonchev–Trinajstić information content (AvgIpc) is 3.36. The molecule has 2 aromatic rings. The van der Waals surface area contributed by atoms with Gasteiger partial charge in [0.15, 0.2) is 0 Å². The van der Waals surface area contributed by atoms with Gasteiger partial charge in [0, 0.05) is 48.7 Å². The topological polar surface area (TPSA) is 157 Å². The van der Waals surface area contributed by atoms with Gasteiger partial charge in [-0.3, -0.25) is 14.4 Å². The third kappa shape index (κ3) is 8.72. The number of hydrogen-bond acceptors (Lipinski definition) is 7. The Morgan fingerprint density at radius 1 is 1.00 bits per heavy atom. The van der Waals surface area contributed by atoms with Crippen LogP contribution in [0.5, 0.6) is 0 Å². The number of fused-ring (bicyclic) bond motifs is 1. The summed E-state index contributed by atoms with van der Waals surface area (Å²) >= 11 is 0.